The first kappa shape index (κ1) is 18.9. The van der Waals surface area contributed by atoms with Crippen LogP contribution in [0.25, 0.3) is 0 Å². The van der Waals surface area contributed by atoms with E-state index in [9.17, 15) is 9.59 Å². The molecule has 4 rings (SSSR count). The topological polar surface area (TPSA) is 93.3 Å². The molecule has 0 spiro atoms. The van der Waals surface area contributed by atoms with Gasteiger partial charge in [-0.15, -0.1) is 0 Å². The van der Waals surface area contributed by atoms with Gasteiger partial charge in [0.2, 0.25) is 5.91 Å². The Morgan fingerprint density at radius 2 is 2.00 bits per heavy atom. The number of carbonyl (C=O) groups is 2. The Hall–Kier alpha value is -3.42. The highest BCUT2D eigenvalue weighted by Crippen LogP contribution is 2.20. The Morgan fingerprint density at radius 1 is 1.14 bits per heavy atom. The number of piperidine rings is 1. The average Bonchev–Trinajstić information content (AvgIpc) is 3.47. The van der Waals surface area contributed by atoms with Crippen molar-refractivity contribution < 1.29 is 14.0 Å². The van der Waals surface area contributed by atoms with Crippen LogP contribution in [-0.4, -0.2) is 44.1 Å². The molecule has 1 saturated heterocycles. The molecule has 3 aromatic rings. The highest BCUT2D eigenvalue weighted by atomic mass is 16.3. The van der Waals surface area contributed by atoms with E-state index in [2.05, 4.69) is 15.4 Å². The summed E-state index contributed by atoms with van der Waals surface area (Å²) in [6, 6.07) is 10.7. The van der Waals surface area contributed by atoms with E-state index < -0.39 is 6.04 Å². The minimum atomic E-state index is -0.483. The molecule has 1 fully saturated rings. The van der Waals surface area contributed by atoms with Crippen molar-refractivity contribution in [1.29, 1.82) is 0 Å². The zero-order chi connectivity index (χ0) is 20.1. The van der Waals surface area contributed by atoms with Crippen LogP contribution in [0, 0.1) is 0 Å². The summed E-state index contributed by atoms with van der Waals surface area (Å²) in [4.78, 5) is 31.2. The Bertz CT molecular complexity index is 953. The fourth-order valence-electron chi connectivity index (χ4n) is 3.66. The maximum absolute atomic E-state index is 12.9. The minimum Gasteiger partial charge on any atom is -0.459 e. The number of nitrogens with one attached hydrogen (secondary N) is 1. The lowest BCUT2D eigenvalue weighted by Gasteiger charge is -2.34. The summed E-state index contributed by atoms with van der Waals surface area (Å²) in [7, 11) is 0. The number of hydrogen-bond acceptors (Lipinski definition) is 5. The van der Waals surface area contributed by atoms with Gasteiger partial charge >= 0.3 is 0 Å². The molecular formula is C21H23N5O3. The lowest BCUT2D eigenvalue weighted by molar-refractivity contribution is -0.126. The number of likely N-dealkylation sites (tertiary alicyclic amines) is 1. The van der Waals surface area contributed by atoms with Gasteiger partial charge in [-0.25, -0.2) is 9.67 Å². The molecule has 1 unspecified atom stereocenters. The van der Waals surface area contributed by atoms with Gasteiger partial charge in [-0.1, -0.05) is 24.3 Å². The molecule has 1 N–H and O–H groups in total. The van der Waals surface area contributed by atoms with Crippen LogP contribution >= 0.6 is 0 Å². The van der Waals surface area contributed by atoms with Gasteiger partial charge in [0.25, 0.3) is 5.91 Å². The molecule has 8 heteroatoms. The van der Waals surface area contributed by atoms with E-state index in [1.165, 1.54) is 12.6 Å². The first-order chi connectivity index (χ1) is 14.2. The summed E-state index contributed by atoms with van der Waals surface area (Å²) in [5, 5.41) is 7.15. The van der Waals surface area contributed by atoms with Gasteiger partial charge < -0.3 is 14.6 Å². The number of benzene rings is 1. The van der Waals surface area contributed by atoms with E-state index in [4.69, 9.17) is 4.42 Å². The van der Waals surface area contributed by atoms with Crippen molar-refractivity contribution >= 4 is 11.8 Å². The monoisotopic (exact) mass is 393 g/mol. The van der Waals surface area contributed by atoms with Crippen LogP contribution in [0.15, 0.2) is 59.7 Å². The summed E-state index contributed by atoms with van der Waals surface area (Å²) < 4.78 is 6.98. The Labute approximate surface area is 168 Å². The molecule has 2 aromatic heterocycles. The average molecular weight is 393 g/mol. The van der Waals surface area contributed by atoms with Crippen molar-refractivity contribution in [3.63, 3.8) is 0 Å². The Morgan fingerprint density at radius 3 is 2.76 bits per heavy atom. The van der Waals surface area contributed by atoms with E-state index >= 15 is 0 Å². The molecule has 8 nitrogen and oxygen atoms in total. The summed E-state index contributed by atoms with van der Waals surface area (Å²) in [5.41, 5.74) is 2.07. The van der Waals surface area contributed by atoms with Gasteiger partial charge in [0.05, 0.1) is 12.8 Å². The van der Waals surface area contributed by atoms with Crippen molar-refractivity contribution in [3.8, 4) is 0 Å². The zero-order valence-corrected chi connectivity index (χ0v) is 16.0. The second-order valence-corrected chi connectivity index (χ2v) is 7.07. The second kappa shape index (κ2) is 8.72. The number of carbonyl (C=O) groups excluding carboxylic acids is 2. The number of aromatic nitrogens is 3. The van der Waals surface area contributed by atoms with E-state index in [0.29, 0.717) is 26.1 Å². The maximum atomic E-state index is 12.9. The number of furan rings is 1. The molecule has 2 amide bonds. The first-order valence-electron chi connectivity index (χ1n) is 9.74. The summed E-state index contributed by atoms with van der Waals surface area (Å²) >= 11 is 0. The van der Waals surface area contributed by atoms with Crippen LogP contribution in [0.1, 0.15) is 40.9 Å². The number of amides is 2. The Balaban J connectivity index is 1.43. The Kier molecular flexibility index (Phi) is 5.69. The molecule has 0 saturated carbocycles. The molecule has 0 radical (unpaired) electrons. The standard InChI is InChI=1S/C21H23N5O3/c27-20(18-8-3-4-10-26(18)21(28)19-9-5-11-29-19)23-12-16-6-1-2-7-17(16)13-25-15-22-14-24-25/h1-2,5-7,9,11,14-15,18H,3-4,8,10,12-13H2,(H,23,27). The third kappa shape index (κ3) is 4.37. The fourth-order valence-corrected chi connectivity index (χ4v) is 3.66. The number of nitrogens with zero attached hydrogens (tertiary/aromatic N) is 4. The molecule has 150 valence electrons. The predicted octanol–water partition coefficient (Wildman–Crippen LogP) is 2.23. The zero-order valence-electron chi connectivity index (χ0n) is 16.0. The van der Waals surface area contributed by atoms with Gasteiger partial charge in [-0.3, -0.25) is 9.59 Å². The molecule has 1 aromatic carbocycles. The fraction of sp³-hybridized carbons (Fsp3) is 0.333. The molecular weight excluding hydrogens is 370 g/mol. The molecule has 3 heterocycles. The highest BCUT2D eigenvalue weighted by Gasteiger charge is 2.33. The van der Waals surface area contributed by atoms with Gasteiger partial charge in [-0.2, -0.15) is 5.10 Å². The lowest BCUT2D eigenvalue weighted by Crippen LogP contribution is -2.51. The normalized spacial score (nSPS) is 16.6. The highest BCUT2D eigenvalue weighted by molar-refractivity contribution is 5.95. The smallest absolute Gasteiger partial charge is 0.290 e. The van der Waals surface area contributed by atoms with Crippen molar-refractivity contribution in [2.45, 2.75) is 38.4 Å². The molecule has 0 aliphatic carbocycles. The van der Waals surface area contributed by atoms with Crippen LogP contribution < -0.4 is 5.32 Å². The van der Waals surface area contributed by atoms with E-state index in [-0.39, 0.29) is 17.6 Å². The van der Waals surface area contributed by atoms with Gasteiger partial charge in [-0.05, 0) is 42.5 Å². The quantitative estimate of drug-likeness (QED) is 0.693. The maximum Gasteiger partial charge on any atom is 0.290 e. The van der Waals surface area contributed by atoms with E-state index in [1.807, 2.05) is 24.3 Å². The van der Waals surface area contributed by atoms with E-state index in [0.717, 1.165) is 24.0 Å². The molecule has 0 bridgehead atoms. The minimum absolute atomic E-state index is 0.139. The van der Waals surface area contributed by atoms with Gasteiger partial charge in [0, 0.05) is 13.1 Å². The van der Waals surface area contributed by atoms with Crippen molar-refractivity contribution in [1.82, 2.24) is 25.0 Å². The molecule has 29 heavy (non-hydrogen) atoms. The molecule has 1 aliphatic rings. The number of rotatable bonds is 6. The van der Waals surface area contributed by atoms with Gasteiger partial charge in [0.15, 0.2) is 5.76 Å². The van der Waals surface area contributed by atoms with Crippen LogP contribution in [0.5, 0.6) is 0 Å². The summed E-state index contributed by atoms with van der Waals surface area (Å²) in [5.74, 6) is -0.107. The third-order valence-electron chi connectivity index (χ3n) is 5.17. The second-order valence-electron chi connectivity index (χ2n) is 7.07. The summed E-state index contributed by atoms with van der Waals surface area (Å²) in [6.07, 6.45) is 7.09. The first-order valence-corrected chi connectivity index (χ1v) is 9.74. The van der Waals surface area contributed by atoms with Gasteiger partial charge in [0.1, 0.15) is 18.7 Å². The lowest BCUT2D eigenvalue weighted by atomic mass is 10.0. The van der Waals surface area contributed by atoms with Crippen LogP contribution in [0.4, 0.5) is 0 Å². The van der Waals surface area contributed by atoms with Crippen LogP contribution in [0.2, 0.25) is 0 Å². The van der Waals surface area contributed by atoms with Crippen LogP contribution in [-0.2, 0) is 17.9 Å². The largest absolute Gasteiger partial charge is 0.459 e. The molecule has 1 aliphatic heterocycles. The van der Waals surface area contributed by atoms with Crippen molar-refractivity contribution in [2.75, 3.05) is 6.54 Å². The van der Waals surface area contributed by atoms with Crippen molar-refractivity contribution in [3.05, 3.63) is 72.2 Å². The SMILES string of the molecule is O=C(NCc1ccccc1Cn1cncn1)C1CCCCN1C(=O)c1ccco1. The third-order valence-corrected chi connectivity index (χ3v) is 5.17. The molecule has 1 atom stereocenters. The van der Waals surface area contributed by atoms with E-state index in [1.54, 1.807) is 28.0 Å². The predicted molar refractivity (Wildman–Crippen MR) is 105 cm³/mol. The van der Waals surface area contributed by atoms with Crippen LogP contribution in [0.3, 0.4) is 0 Å². The summed E-state index contributed by atoms with van der Waals surface area (Å²) in [6.45, 7) is 1.53. The van der Waals surface area contributed by atoms with Crippen molar-refractivity contribution in [2.24, 2.45) is 0 Å². The number of hydrogen-bond donors (Lipinski definition) is 1.